The van der Waals surface area contributed by atoms with E-state index in [-0.39, 0.29) is 0 Å². The average molecular weight is 366 g/mol. The van der Waals surface area contributed by atoms with E-state index in [2.05, 4.69) is 71.5 Å². The second-order valence-corrected chi connectivity index (χ2v) is 7.96. The van der Waals surface area contributed by atoms with Crippen LogP contribution < -0.4 is 10.6 Å². The Balaban J connectivity index is 1.22. The fourth-order valence-corrected chi connectivity index (χ4v) is 3.82. The molecule has 0 radical (unpaired) electrons. The van der Waals surface area contributed by atoms with Gasteiger partial charge in [0.15, 0.2) is 0 Å². The number of allylic oxidation sites excluding steroid dienone is 5. The normalized spacial score (nSPS) is 18.6. The number of hydrogen-bond donors (Lipinski definition) is 2. The first-order valence-corrected chi connectivity index (χ1v) is 10.5. The first-order valence-electron chi connectivity index (χ1n) is 10.5. The van der Waals surface area contributed by atoms with Gasteiger partial charge < -0.3 is 10.6 Å². The highest BCUT2D eigenvalue weighted by molar-refractivity contribution is 5.30. The molecule has 2 aliphatic rings. The predicted molar refractivity (Wildman–Crippen MR) is 116 cm³/mol. The van der Waals surface area contributed by atoms with Gasteiger partial charge in [-0.2, -0.15) is 0 Å². The molecule has 3 rings (SSSR count). The van der Waals surface area contributed by atoms with Gasteiger partial charge in [0.05, 0.1) is 0 Å². The molecule has 0 atom stereocenters. The van der Waals surface area contributed by atoms with Crippen LogP contribution in [0.2, 0.25) is 0 Å². The largest absolute Gasteiger partial charge is 0.388 e. The molecule has 27 heavy (non-hydrogen) atoms. The molecule has 1 fully saturated rings. The Hall–Kier alpha value is -1.84. The van der Waals surface area contributed by atoms with Gasteiger partial charge in [0.1, 0.15) is 0 Å². The molecule has 0 amide bonds. The molecule has 3 heteroatoms. The van der Waals surface area contributed by atoms with Crippen LogP contribution in [0.4, 0.5) is 0 Å². The van der Waals surface area contributed by atoms with Crippen LogP contribution >= 0.6 is 0 Å². The number of nitrogens with zero attached hydrogens (tertiary/aromatic N) is 1. The first-order chi connectivity index (χ1) is 13.2. The molecule has 2 aliphatic heterocycles. The van der Waals surface area contributed by atoms with E-state index >= 15 is 0 Å². The summed E-state index contributed by atoms with van der Waals surface area (Å²) in [5.74, 6) is 0. The van der Waals surface area contributed by atoms with Gasteiger partial charge in [-0.25, -0.2) is 0 Å². The molecule has 146 valence electrons. The molecule has 0 saturated carbocycles. The Morgan fingerprint density at radius 1 is 1.26 bits per heavy atom. The Bertz CT molecular complexity index is 653. The van der Waals surface area contributed by atoms with E-state index < -0.39 is 0 Å². The van der Waals surface area contributed by atoms with Crippen LogP contribution in [0.3, 0.4) is 0 Å². The molecule has 2 heterocycles. The van der Waals surface area contributed by atoms with Gasteiger partial charge in [-0.1, -0.05) is 54.6 Å². The minimum atomic E-state index is 0.672. The van der Waals surface area contributed by atoms with E-state index in [0.717, 1.165) is 26.1 Å². The summed E-state index contributed by atoms with van der Waals surface area (Å²) < 4.78 is 0. The van der Waals surface area contributed by atoms with Crippen LogP contribution in [0.5, 0.6) is 0 Å². The van der Waals surface area contributed by atoms with E-state index in [1.54, 1.807) is 0 Å². The van der Waals surface area contributed by atoms with Crippen LogP contribution in [0.25, 0.3) is 0 Å². The van der Waals surface area contributed by atoms with Crippen molar-refractivity contribution in [1.29, 1.82) is 0 Å². The number of hydrogen-bond acceptors (Lipinski definition) is 3. The number of benzene rings is 1. The smallest absolute Gasteiger partial charge is 0.0322 e. The van der Waals surface area contributed by atoms with Gasteiger partial charge >= 0.3 is 0 Å². The number of unbranched alkanes of at least 4 members (excludes halogenated alkanes) is 1. The Morgan fingerprint density at radius 3 is 2.85 bits per heavy atom. The van der Waals surface area contributed by atoms with E-state index in [4.69, 9.17) is 0 Å². The number of rotatable bonds is 10. The molecule has 0 bridgehead atoms. The Labute approximate surface area is 165 Å². The summed E-state index contributed by atoms with van der Waals surface area (Å²) in [6.45, 7) is 12.1. The lowest BCUT2D eigenvalue weighted by molar-refractivity contribution is 0.118. The molecule has 1 aromatic carbocycles. The molecule has 0 aliphatic carbocycles. The van der Waals surface area contributed by atoms with Crippen molar-refractivity contribution in [2.75, 3.05) is 26.2 Å². The van der Waals surface area contributed by atoms with Crippen molar-refractivity contribution >= 4 is 0 Å². The lowest BCUT2D eigenvalue weighted by Crippen LogP contribution is -2.57. The topological polar surface area (TPSA) is 27.3 Å². The summed E-state index contributed by atoms with van der Waals surface area (Å²) in [6.07, 6.45) is 10.4. The molecule has 3 nitrogen and oxygen atoms in total. The third-order valence-corrected chi connectivity index (χ3v) is 5.58. The van der Waals surface area contributed by atoms with Crippen molar-refractivity contribution in [3.8, 4) is 0 Å². The molecule has 0 spiro atoms. The molecule has 1 saturated heterocycles. The fraction of sp³-hybridized carbons (Fsp3) is 0.500. The second-order valence-electron chi connectivity index (χ2n) is 7.96. The first kappa shape index (κ1) is 19.9. The minimum absolute atomic E-state index is 0.672. The van der Waals surface area contributed by atoms with E-state index in [0.29, 0.717) is 6.04 Å². The summed E-state index contributed by atoms with van der Waals surface area (Å²) in [5, 5.41) is 7.13. The van der Waals surface area contributed by atoms with E-state index in [9.17, 15) is 0 Å². The maximum absolute atomic E-state index is 4.22. The van der Waals surface area contributed by atoms with Crippen molar-refractivity contribution in [1.82, 2.24) is 15.5 Å². The van der Waals surface area contributed by atoms with Crippen LogP contribution in [0.15, 0.2) is 65.9 Å². The molecule has 0 aromatic heterocycles. The number of likely N-dealkylation sites (tertiary alicyclic amines) is 1. The summed E-state index contributed by atoms with van der Waals surface area (Å²) >= 11 is 0. The lowest BCUT2D eigenvalue weighted by atomic mass is 10.0. The maximum atomic E-state index is 4.22. The quantitative estimate of drug-likeness (QED) is 0.475. The molecule has 2 N–H and O–H groups in total. The zero-order chi connectivity index (χ0) is 18.9. The highest BCUT2D eigenvalue weighted by Crippen LogP contribution is 2.17. The van der Waals surface area contributed by atoms with Crippen molar-refractivity contribution in [3.63, 3.8) is 0 Å². The minimum Gasteiger partial charge on any atom is -0.388 e. The van der Waals surface area contributed by atoms with E-state index in [1.165, 1.54) is 61.2 Å². The zero-order valence-corrected chi connectivity index (χ0v) is 16.8. The molecular weight excluding hydrogens is 330 g/mol. The number of nitrogens with one attached hydrogen (secondary N) is 2. The maximum Gasteiger partial charge on any atom is 0.0322 e. The third-order valence-electron chi connectivity index (χ3n) is 5.58. The zero-order valence-electron chi connectivity index (χ0n) is 16.8. The van der Waals surface area contributed by atoms with Crippen molar-refractivity contribution in [2.24, 2.45) is 0 Å². The van der Waals surface area contributed by atoms with Crippen molar-refractivity contribution < 1.29 is 0 Å². The van der Waals surface area contributed by atoms with E-state index in [1.807, 2.05) is 0 Å². The van der Waals surface area contributed by atoms with Crippen LogP contribution in [-0.4, -0.2) is 37.1 Å². The van der Waals surface area contributed by atoms with Crippen LogP contribution in [0, 0.1) is 0 Å². The molecular formula is C24H35N3. The average Bonchev–Trinajstić information content (AvgIpc) is 2.65. The summed E-state index contributed by atoms with van der Waals surface area (Å²) in [4.78, 5) is 2.51. The van der Waals surface area contributed by atoms with Gasteiger partial charge in [-0.15, -0.1) is 0 Å². The highest BCUT2D eigenvalue weighted by atomic mass is 15.2. The summed E-state index contributed by atoms with van der Waals surface area (Å²) in [6, 6.07) is 11.4. The van der Waals surface area contributed by atoms with Crippen LogP contribution in [-0.2, 0) is 6.54 Å². The van der Waals surface area contributed by atoms with Crippen molar-refractivity contribution in [2.45, 2.75) is 51.6 Å². The van der Waals surface area contributed by atoms with Crippen LogP contribution in [0.1, 0.15) is 44.6 Å². The third kappa shape index (κ3) is 6.67. The Morgan fingerprint density at radius 2 is 2.07 bits per heavy atom. The standard InChI is InChI=1S/C24H35N3/c1-20(13-14-23-12-8-16-25-21(23)2)9-6-7-15-26-24-18-27(19-24)17-22-10-4-3-5-11-22/h3-5,10-11,13-14,24-26H,1,6-9,12,15-19H2,2H3/b14-13-. The predicted octanol–water partition coefficient (Wildman–Crippen LogP) is 4.40. The van der Waals surface area contributed by atoms with Crippen molar-refractivity contribution in [3.05, 3.63) is 71.5 Å². The van der Waals surface area contributed by atoms with Gasteiger partial charge in [-0.05, 0) is 56.7 Å². The monoisotopic (exact) mass is 365 g/mol. The van der Waals surface area contributed by atoms with Gasteiger partial charge in [0.2, 0.25) is 0 Å². The second kappa shape index (κ2) is 10.5. The lowest BCUT2D eigenvalue weighted by Gasteiger charge is -2.40. The fourth-order valence-electron chi connectivity index (χ4n) is 3.82. The molecule has 0 unspecified atom stereocenters. The SMILES string of the molecule is C=C(/C=C\C1=C(C)NCCC1)CCCCNC1CN(Cc2ccccc2)C1. The van der Waals surface area contributed by atoms with Gasteiger partial charge in [0.25, 0.3) is 0 Å². The summed E-state index contributed by atoms with van der Waals surface area (Å²) in [5.41, 5.74) is 5.43. The van der Waals surface area contributed by atoms with Gasteiger partial charge in [-0.3, -0.25) is 4.90 Å². The summed E-state index contributed by atoms with van der Waals surface area (Å²) in [7, 11) is 0. The highest BCUT2D eigenvalue weighted by Gasteiger charge is 2.25. The van der Waals surface area contributed by atoms with Gasteiger partial charge in [0, 0.05) is 37.9 Å². The molecule has 1 aromatic rings. The Kier molecular flexibility index (Phi) is 7.73.